The quantitative estimate of drug-likeness (QED) is 0.160. The van der Waals surface area contributed by atoms with Gasteiger partial charge in [-0.05, 0) is 184 Å². The summed E-state index contributed by atoms with van der Waals surface area (Å²) in [6.07, 6.45) is 0. The Morgan fingerprint density at radius 3 is 1.04 bits per heavy atom. The molecule has 0 radical (unpaired) electrons. The zero-order valence-electron chi connectivity index (χ0n) is 59.7. The number of hydrogen-bond donors (Lipinski definition) is 0. The number of rotatable bonds is 5. The van der Waals surface area contributed by atoms with Crippen LogP contribution < -0.4 is 42.6 Å². The molecule has 3 aliphatic rings. The average molecular weight is 1250 g/mol. The van der Waals surface area contributed by atoms with Crippen molar-refractivity contribution in [3.05, 3.63) is 252 Å². The van der Waals surface area contributed by atoms with Crippen molar-refractivity contribution in [1.82, 2.24) is 9.13 Å². The summed E-state index contributed by atoms with van der Waals surface area (Å²) in [7, 11) is 0. The minimum atomic E-state index is -0.159. The molecule has 11 aromatic carbocycles. The Kier molecular flexibility index (Phi) is 13.6. The van der Waals surface area contributed by atoms with E-state index in [0.29, 0.717) is 0 Å². The molecule has 96 heavy (non-hydrogen) atoms. The van der Waals surface area contributed by atoms with Crippen molar-refractivity contribution >= 4 is 124 Å². The number of hydrogen-bond acceptors (Lipinski definition) is 2. The molecule has 5 heterocycles. The van der Waals surface area contributed by atoms with Gasteiger partial charge in [0.25, 0.3) is 6.71 Å². The number of anilines is 6. The maximum absolute atomic E-state index is 2.71. The third kappa shape index (κ3) is 9.76. The van der Waals surface area contributed by atoms with E-state index in [1.807, 2.05) is 0 Å². The summed E-state index contributed by atoms with van der Waals surface area (Å²) in [4.78, 5) is 5.41. The third-order valence-corrected chi connectivity index (χ3v) is 21.6. The second-order valence-corrected chi connectivity index (χ2v) is 34.4. The Morgan fingerprint density at radius 2 is 0.604 bits per heavy atom. The van der Waals surface area contributed by atoms with Crippen LogP contribution in [0, 0.1) is 0 Å². The predicted octanol–water partition coefficient (Wildman–Crippen LogP) is 20.2. The monoisotopic (exact) mass is 1250 g/mol. The number of para-hydroxylation sites is 2. The van der Waals surface area contributed by atoms with Crippen LogP contribution in [0.1, 0.15) is 158 Å². The zero-order chi connectivity index (χ0) is 67.2. The van der Waals surface area contributed by atoms with Gasteiger partial charge in [-0.2, -0.15) is 0 Å². The first-order valence-electron chi connectivity index (χ1n) is 35.0. The Bertz CT molecular complexity index is 5160. The van der Waals surface area contributed by atoms with E-state index in [1.165, 1.54) is 149 Å². The number of aromatic nitrogens is 2. The summed E-state index contributed by atoms with van der Waals surface area (Å²) in [6, 6.07) is 86.2. The Labute approximate surface area is 570 Å². The van der Waals surface area contributed by atoms with Gasteiger partial charge < -0.3 is 18.9 Å². The molecule has 0 fully saturated rings. The van der Waals surface area contributed by atoms with Crippen LogP contribution in [0.25, 0.3) is 66.1 Å². The van der Waals surface area contributed by atoms with Gasteiger partial charge in [0, 0.05) is 61.4 Å². The van der Waals surface area contributed by atoms with Gasteiger partial charge in [0.2, 0.25) is 6.71 Å². The fourth-order valence-electron chi connectivity index (χ4n) is 16.1. The molecule has 16 rings (SSSR count). The number of nitrogens with zero attached hydrogens (tertiary/aromatic N) is 4. The molecule has 0 aliphatic carbocycles. The molecule has 4 nitrogen and oxygen atoms in total. The maximum Gasteiger partial charge on any atom is 0.252 e. The predicted molar refractivity (Wildman–Crippen MR) is 418 cm³/mol. The first kappa shape index (κ1) is 61.6. The molecule has 0 amide bonds. The van der Waals surface area contributed by atoms with E-state index < -0.39 is 0 Å². The van der Waals surface area contributed by atoms with Crippen LogP contribution in [0.2, 0.25) is 0 Å². The summed E-state index contributed by atoms with van der Waals surface area (Å²) in [5, 5.41) is 5.05. The zero-order valence-corrected chi connectivity index (χ0v) is 59.7. The fraction of sp³-hybridized carbons (Fsp3) is 0.267. The number of fused-ring (bicyclic) bond motifs is 13. The van der Waals surface area contributed by atoms with E-state index in [2.05, 4.69) is 362 Å². The minimum Gasteiger partial charge on any atom is -0.311 e. The van der Waals surface area contributed by atoms with E-state index in [4.69, 9.17) is 0 Å². The van der Waals surface area contributed by atoms with Crippen LogP contribution in [0.15, 0.2) is 218 Å². The Hall–Kier alpha value is -9.25. The van der Waals surface area contributed by atoms with Crippen LogP contribution in [0.5, 0.6) is 0 Å². The smallest absolute Gasteiger partial charge is 0.252 e. The van der Waals surface area contributed by atoms with Gasteiger partial charge in [-0.1, -0.05) is 268 Å². The SMILES string of the molecule is CC(C)(C)c1cc(N2c3cc(B4c5ccccc5-c5ccccc54)ccc3B3c4ccc(-n5c6ccc(C(C)(C)C)cc6c6cc(C(C)(C)C)ccc65)cc4N(c4cc(C(C)(C)C)cc(C(C)(C)C)c4)c4cc(-n5c6ccccc6c6ccccc65)cc2c43)cc(C(C)(C)C)c1. The van der Waals surface area contributed by atoms with Gasteiger partial charge >= 0.3 is 0 Å². The molecule has 0 unspecified atom stereocenters. The lowest BCUT2D eigenvalue weighted by atomic mass is 9.32. The van der Waals surface area contributed by atoms with Crippen LogP contribution in [0.4, 0.5) is 34.1 Å². The van der Waals surface area contributed by atoms with E-state index in [0.717, 1.165) is 17.1 Å². The van der Waals surface area contributed by atoms with E-state index >= 15 is 0 Å². The van der Waals surface area contributed by atoms with Gasteiger partial charge in [-0.25, -0.2) is 0 Å². The highest BCUT2D eigenvalue weighted by Gasteiger charge is 2.46. The van der Waals surface area contributed by atoms with E-state index in [-0.39, 0.29) is 45.9 Å². The molecular weight excluding hydrogens is 1160 g/mol. The summed E-state index contributed by atoms with van der Waals surface area (Å²) < 4.78 is 5.13. The van der Waals surface area contributed by atoms with Crippen LogP contribution >= 0.6 is 0 Å². The van der Waals surface area contributed by atoms with Crippen molar-refractivity contribution in [1.29, 1.82) is 0 Å². The van der Waals surface area contributed by atoms with Gasteiger partial charge in [-0.3, -0.25) is 0 Å². The lowest BCUT2D eigenvalue weighted by molar-refractivity contribution is 0.568. The molecule has 476 valence electrons. The summed E-state index contributed by atoms with van der Waals surface area (Å²) in [5.41, 5.74) is 31.9. The largest absolute Gasteiger partial charge is 0.311 e. The molecule has 0 saturated heterocycles. The van der Waals surface area contributed by atoms with E-state index in [1.54, 1.807) is 0 Å². The fourth-order valence-corrected chi connectivity index (χ4v) is 16.1. The first-order chi connectivity index (χ1) is 45.4. The molecule has 0 saturated carbocycles. The first-order valence-corrected chi connectivity index (χ1v) is 35.0. The van der Waals surface area contributed by atoms with Crippen molar-refractivity contribution < 1.29 is 0 Å². The van der Waals surface area contributed by atoms with Crippen LogP contribution in [-0.2, 0) is 32.5 Å². The molecule has 0 bridgehead atoms. The Morgan fingerprint density at radius 1 is 0.240 bits per heavy atom. The van der Waals surface area contributed by atoms with Crippen LogP contribution in [0.3, 0.4) is 0 Å². The highest BCUT2D eigenvalue weighted by Crippen LogP contribution is 2.50. The van der Waals surface area contributed by atoms with Crippen molar-refractivity contribution in [2.75, 3.05) is 9.80 Å². The minimum absolute atomic E-state index is 0.0304. The molecule has 13 aromatic rings. The van der Waals surface area contributed by atoms with Crippen molar-refractivity contribution in [3.63, 3.8) is 0 Å². The van der Waals surface area contributed by atoms with Gasteiger partial charge in [0.05, 0.1) is 27.8 Å². The topological polar surface area (TPSA) is 16.3 Å². The van der Waals surface area contributed by atoms with Gasteiger partial charge in [0.1, 0.15) is 0 Å². The van der Waals surface area contributed by atoms with Crippen LogP contribution in [-0.4, -0.2) is 22.6 Å². The standard InChI is InChI=1S/C90H90B2N4/c1-85(2,3)55-35-41-78-70(49-55)71-50-56(86(4,5)6)36-42-79(71)93(78)62-38-40-75-81(52-62)96(64-47-59(89(13,14)15)44-60(48-64)90(16,17)18)83-54-65(94-76-33-25-21-29-68(76)69-30-22-26-34-77(69)94)53-82-84(83)92(75)74-39-37-61(91-72-31-23-19-27-66(72)67-28-20-24-32-73(67)91)51-80(74)95(82)63-45-57(87(7,8)9)43-58(46-63)88(10,11)12/h19-54H,1-18H3. The molecule has 2 aromatic heterocycles. The highest BCUT2D eigenvalue weighted by atomic mass is 15.2. The maximum atomic E-state index is 2.71. The van der Waals surface area contributed by atoms with Gasteiger partial charge in [-0.15, -0.1) is 0 Å². The molecule has 0 atom stereocenters. The Balaban J connectivity index is 1.07. The molecular formula is C90H90B2N4. The van der Waals surface area contributed by atoms with E-state index in [9.17, 15) is 0 Å². The van der Waals surface area contributed by atoms with Crippen molar-refractivity contribution in [2.24, 2.45) is 0 Å². The molecule has 3 aliphatic heterocycles. The molecule has 0 N–H and O–H groups in total. The van der Waals surface area contributed by atoms with Crippen molar-refractivity contribution in [3.8, 4) is 22.5 Å². The average Bonchev–Trinajstić information content (AvgIpc) is 0.753. The summed E-state index contributed by atoms with van der Waals surface area (Å²) >= 11 is 0. The summed E-state index contributed by atoms with van der Waals surface area (Å²) in [6.45, 7) is 42.4. The third-order valence-electron chi connectivity index (χ3n) is 21.6. The lowest BCUT2D eigenvalue weighted by Gasteiger charge is -2.45. The lowest BCUT2D eigenvalue weighted by Crippen LogP contribution is -2.62. The second-order valence-electron chi connectivity index (χ2n) is 34.4. The normalized spacial score (nSPS) is 14.1. The molecule has 0 spiro atoms. The second kappa shape index (κ2) is 21.1. The highest BCUT2D eigenvalue weighted by molar-refractivity contribution is 7.01. The van der Waals surface area contributed by atoms with Gasteiger partial charge in [0.15, 0.2) is 0 Å². The summed E-state index contributed by atoms with van der Waals surface area (Å²) in [5.74, 6) is 0. The van der Waals surface area contributed by atoms with Crippen molar-refractivity contribution in [2.45, 2.75) is 157 Å². The molecule has 6 heteroatoms. The number of benzene rings is 11.